The van der Waals surface area contributed by atoms with Crippen molar-refractivity contribution < 1.29 is 27.8 Å². The molecule has 3 rings (SSSR count). The number of aromatic nitrogens is 2. The van der Waals surface area contributed by atoms with Gasteiger partial charge in [0.2, 0.25) is 5.95 Å². The Morgan fingerprint density at radius 2 is 1.81 bits per heavy atom. The Morgan fingerprint density at radius 1 is 1.08 bits per heavy atom. The molecule has 0 aliphatic rings. The van der Waals surface area contributed by atoms with Gasteiger partial charge in [0.15, 0.2) is 6.61 Å². The Hall–Kier alpha value is -3.62. The summed E-state index contributed by atoms with van der Waals surface area (Å²) in [4.78, 5) is 20.1. The zero-order chi connectivity index (χ0) is 26.3. The molecule has 1 heterocycles. The van der Waals surface area contributed by atoms with E-state index in [-0.39, 0.29) is 0 Å². The second kappa shape index (κ2) is 11.9. The van der Waals surface area contributed by atoms with E-state index in [1.165, 1.54) is 12.1 Å². The molecule has 0 spiro atoms. The molecule has 0 aliphatic carbocycles. The van der Waals surface area contributed by atoms with Crippen molar-refractivity contribution in [2.24, 2.45) is 0 Å². The quantitative estimate of drug-likeness (QED) is 0.314. The lowest BCUT2D eigenvalue weighted by Crippen LogP contribution is -2.11. The lowest BCUT2D eigenvalue weighted by molar-refractivity contribution is -0.139. The van der Waals surface area contributed by atoms with E-state index >= 15 is 0 Å². The molecule has 36 heavy (non-hydrogen) atoms. The second-order valence-electron chi connectivity index (χ2n) is 8.48. The fourth-order valence-electron chi connectivity index (χ4n) is 3.81. The fraction of sp³-hybridized carbons (Fsp3) is 0.370. The Kier molecular flexibility index (Phi) is 8.90. The SMILES string of the molecule is CCCCc1nc(NCc2ccc(OCC(=O)O)c(CC)c2)nc(-c2ccc(C(F)(F)F)cc2)c1C. The van der Waals surface area contributed by atoms with Crippen LogP contribution in [0.4, 0.5) is 19.1 Å². The standard InChI is InChI=1S/C27H30F3N3O3/c1-4-6-7-22-17(3)25(20-9-11-21(12-10-20)27(28,29)30)33-26(32-22)31-15-18-8-13-23(19(5-2)14-18)36-16-24(34)35/h8-14H,4-7,15-16H2,1-3H3,(H,34,35)(H,31,32,33). The summed E-state index contributed by atoms with van der Waals surface area (Å²) in [7, 11) is 0. The van der Waals surface area contributed by atoms with Crippen LogP contribution >= 0.6 is 0 Å². The third-order valence-corrected chi connectivity index (χ3v) is 5.81. The summed E-state index contributed by atoms with van der Waals surface area (Å²) in [5.41, 5.74) is 4.01. The van der Waals surface area contributed by atoms with Gasteiger partial charge in [0.1, 0.15) is 5.75 Å². The van der Waals surface area contributed by atoms with E-state index in [2.05, 4.69) is 22.2 Å². The number of anilines is 1. The van der Waals surface area contributed by atoms with Crippen LogP contribution < -0.4 is 10.1 Å². The normalized spacial score (nSPS) is 11.4. The largest absolute Gasteiger partial charge is 0.482 e. The molecule has 0 amide bonds. The highest BCUT2D eigenvalue weighted by molar-refractivity contribution is 5.68. The van der Waals surface area contributed by atoms with E-state index < -0.39 is 24.3 Å². The van der Waals surface area contributed by atoms with E-state index in [4.69, 9.17) is 9.84 Å². The maximum atomic E-state index is 13.0. The topological polar surface area (TPSA) is 84.3 Å². The number of ether oxygens (including phenoxy) is 1. The molecule has 0 aliphatic heterocycles. The van der Waals surface area contributed by atoms with E-state index in [1.807, 2.05) is 26.0 Å². The molecular weight excluding hydrogens is 471 g/mol. The van der Waals surface area contributed by atoms with Crippen LogP contribution in [0.5, 0.6) is 5.75 Å². The van der Waals surface area contributed by atoms with Gasteiger partial charge < -0.3 is 15.2 Å². The zero-order valence-corrected chi connectivity index (χ0v) is 20.6. The van der Waals surface area contributed by atoms with Crippen LogP contribution in [0.1, 0.15) is 54.6 Å². The number of benzene rings is 2. The monoisotopic (exact) mass is 501 g/mol. The summed E-state index contributed by atoms with van der Waals surface area (Å²) in [5, 5.41) is 12.1. The first-order chi connectivity index (χ1) is 17.1. The molecule has 0 fully saturated rings. The van der Waals surface area contributed by atoms with Crippen molar-refractivity contribution in [3.05, 3.63) is 70.4 Å². The van der Waals surface area contributed by atoms with Crippen molar-refractivity contribution in [2.75, 3.05) is 11.9 Å². The highest BCUT2D eigenvalue weighted by atomic mass is 19.4. The van der Waals surface area contributed by atoms with Gasteiger partial charge in [-0.15, -0.1) is 0 Å². The summed E-state index contributed by atoms with van der Waals surface area (Å²) < 4.78 is 44.4. The van der Waals surface area contributed by atoms with Crippen molar-refractivity contribution in [2.45, 2.75) is 59.2 Å². The number of rotatable bonds is 11. The van der Waals surface area contributed by atoms with Crippen molar-refractivity contribution in [3.63, 3.8) is 0 Å². The highest BCUT2D eigenvalue weighted by Crippen LogP contribution is 2.32. The molecule has 0 saturated carbocycles. The van der Waals surface area contributed by atoms with Gasteiger partial charge in [0.25, 0.3) is 0 Å². The van der Waals surface area contributed by atoms with Crippen molar-refractivity contribution >= 4 is 11.9 Å². The van der Waals surface area contributed by atoms with Crippen molar-refractivity contribution in [1.29, 1.82) is 0 Å². The number of carboxylic acid groups (broad SMARTS) is 1. The van der Waals surface area contributed by atoms with Crippen LogP contribution in [0.15, 0.2) is 42.5 Å². The number of alkyl halides is 3. The molecule has 0 atom stereocenters. The molecule has 9 heteroatoms. The number of unbranched alkanes of at least 4 members (excludes halogenated alkanes) is 1. The minimum atomic E-state index is -4.40. The number of carbonyl (C=O) groups is 1. The maximum Gasteiger partial charge on any atom is 0.416 e. The first-order valence-electron chi connectivity index (χ1n) is 11.9. The molecule has 2 N–H and O–H groups in total. The first-order valence-corrected chi connectivity index (χ1v) is 11.9. The zero-order valence-electron chi connectivity index (χ0n) is 20.6. The van der Waals surface area contributed by atoms with Crippen molar-refractivity contribution in [1.82, 2.24) is 9.97 Å². The number of aliphatic carboxylic acids is 1. The maximum absolute atomic E-state index is 13.0. The van der Waals surface area contributed by atoms with Gasteiger partial charge >= 0.3 is 12.1 Å². The minimum absolute atomic E-state index is 0.394. The number of hydrogen-bond donors (Lipinski definition) is 2. The van der Waals surface area contributed by atoms with Gasteiger partial charge in [0, 0.05) is 17.8 Å². The average Bonchev–Trinajstić information content (AvgIpc) is 2.85. The number of carboxylic acids is 1. The van der Waals surface area contributed by atoms with Crippen molar-refractivity contribution in [3.8, 4) is 17.0 Å². The molecule has 0 unspecified atom stereocenters. The number of nitrogens with zero attached hydrogens (tertiary/aromatic N) is 2. The Balaban J connectivity index is 1.87. The van der Waals surface area contributed by atoms with Gasteiger partial charge in [0.05, 0.1) is 11.3 Å². The second-order valence-corrected chi connectivity index (χ2v) is 8.48. The molecule has 3 aromatic rings. The molecule has 0 bridgehead atoms. The highest BCUT2D eigenvalue weighted by Gasteiger charge is 2.30. The molecule has 0 radical (unpaired) electrons. The Morgan fingerprint density at radius 3 is 2.42 bits per heavy atom. The van der Waals surface area contributed by atoms with Crippen LogP contribution in [0.2, 0.25) is 0 Å². The van der Waals surface area contributed by atoms with Gasteiger partial charge in [-0.05, 0) is 61.1 Å². The third kappa shape index (κ3) is 6.96. The van der Waals surface area contributed by atoms with Gasteiger partial charge in [-0.25, -0.2) is 14.8 Å². The van der Waals surface area contributed by atoms with E-state index in [9.17, 15) is 18.0 Å². The van der Waals surface area contributed by atoms with Gasteiger partial charge in [-0.2, -0.15) is 13.2 Å². The lowest BCUT2D eigenvalue weighted by atomic mass is 10.0. The predicted molar refractivity (Wildman–Crippen MR) is 132 cm³/mol. The summed E-state index contributed by atoms with van der Waals surface area (Å²) in [5.74, 6) is -0.116. The molecule has 192 valence electrons. The van der Waals surface area contributed by atoms with Gasteiger partial charge in [-0.3, -0.25) is 0 Å². The number of hydrogen-bond acceptors (Lipinski definition) is 5. The summed E-state index contributed by atoms with van der Waals surface area (Å²) in [6.07, 6.45) is -1.07. The van der Waals surface area contributed by atoms with Crippen LogP contribution in [0, 0.1) is 6.92 Å². The molecule has 6 nitrogen and oxygen atoms in total. The molecule has 0 saturated heterocycles. The summed E-state index contributed by atoms with van der Waals surface area (Å²) in [6.45, 7) is 5.94. The van der Waals surface area contributed by atoms with Crippen LogP contribution in [-0.4, -0.2) is 27.7 Å². The summed E-state index contributed by atoms with van der Waals surface area (Å²) >= 11 is 0. The van der Waals surface area contributed by atoms with E-state index in [0.717, 1.165) is 53.8 Å². The Labute approximate surface area is 208 Å². The number of halogens is 3. The minimum Gasteiger partial charge on any atom is -0.482 e. The van der Waals surface area contributed by atoms with E-state index in [0.29, 0.717) is 35.9 Å². The van der Waals surface area contributed by atoms with Crippen LogP contribution in [-0.2, 0) is 30.4 Å². The van der Waals surface area contributed by atoms with Crippen LogP contribution in [0.25, 0.3) is 11.3 Å². The smallest absolute Gasteiger partial charge is 0.416 e. The number of nitrogens with one attached hydrogen (secondary N) is 1. The fourth-order valence-corrected chi connectivity index (χ4v) is 3.81. The molecular formula is C27H30F3N3O3. The van der Waals surface area contributed by atoms with Gasteiger partial charge in [-0.1, -0.05) is 44.5 Å². The predicted octanol–water partition coefficient (Wildman–Crippen LogP) is 6.45. The van der Waals surface area contributed by atoms with Crippen LogP contribution in [0.3, 0.4) is 0 Å². The van der Waals surface area contributed by atoms with E-state index in [1.54, 1.807) is 6.07 Å². The number of aryl methyl sites for hydroxylation is 2. The molecule has 2 aromatic carbocycles. The first kappa shape index (κ1) is 27.0. The molecule has 1 aromatic heterocycles. The Bertz CT molecular complexity index is 1200. The third-order valence-electron chi connectivity index (χ3n) is 5.81. The lowest BCUT2D eigenvalue weighted by Gasteiger charge is -2.15. The average molecular weight is 502 g/mol. The summed E-state index contributed by atoms with van der Waals surface area (Å²) in [6, 6.07) is 10.5.